The number of rotatable bonds is 3. The fraction of sp³-hybridized carbons (Fsp3) is 0.120. The third-order valence-electron chi connectivity index (χ3n) is 6.06. The molecule has 3 aromatic carbocycles. The van der Waals surface area contributed by atoms with Crippen LogP contribution in [-0.4, -0.2) is 21.9 Å². The van der Waals surface area contributed by atoms with Crippen molar-refractivity contribution in [1.29, 1.82) is 0 Å². The molecule has 0 radical (unpaired) electrons. The lowest BCUT2D eigenvalue weighted by Crippen LogP contribution is -2.32. The summed E-state index contributed by atoms with van der Waals surface area (Å²) in [6.45, 7) is 0. The molecule has 1 N–H and O–H groups in total. The van der Waals surface area contributed by atoms with E-state index in [1.54, 1.807) is 13.2 Å². The quantitative estimate of drug-likeness (QED) is 0.297. The van der Waals surface area contributed by atoms with Gasteiger partial charge in [0, 0.05) is 21.2 Å². The van der Waals surface area contributed by atoms with E-state index < -0.39 is 6.10 Å². The van der Waals surface area contributed by atoms with Crippen molar-refractivity contribution in [1.82, 2.24) is 14.8 Å². The Morgan fingerprint density at radius 1 is 1.09 bits per heavy atom. The Labute approximate surface area is 214 Å². The summed E-state index contributed by atoms with van der Waals surface area (Å²) in [5, 5.41) is 9.13. The van der Waals surface area contributed by atoms with Crippen LogP contribution in [0.3, 0.4) is 0 Å². The van der Waals surface area contributed by atoms with Gasteiger partial charge in [-0.3, -0.25) is 0 Å². The van der Waals surface area contributed by atoms with E-state index in [0.717, 1.165) is 43.9 Å². The van der Waals surface area contributed by atoms with Gasteiger partial charge in [0.1, 0.15) is 30.0 Å². The maximum atomic E-state index is 6.73. The predicted octanol–water partition coefficient (Wildman–Crippen LogP) is 6.92. The van der Waals surface area contributed by atoms with E-state index in [2.05, 4.69) is 31.3 Å². The first-order valence-electron chi connectivity index (χ1n) is 10.5. The normalized spacial score (nSPS) is 18.4. The average molecular weight is 556 g/mol. The van der Waals surface area contributed by atoms with Crippen LogP contribution in [0.25, 0.3) is 5.70 Å². The van der Waals surface area contributed by atoms with Crippen LogP contribution in [0.2, 0.25) is 10.0 Å². The van der Waals surface area contributed by atoms with Crippen molar-refractivity contribution in [3.8, 4) is 11.5 Å². The minimum Gasteiger partial charge on any atom is -0.496 e. The number of methoxy groups -OCH3 is 1. The lowest BCUT2D eigenvalue weighted by molar-refractivity contribution is 0.223. The van der Waals surface area contributed by atoms with Crippen molar-refractivity contribution in [2.75, 3.05) is 12.4 Å². The number of fused-ring (bicyclic) bond motifs is 3. The molecule has 3 heterocycles. The van der Waals surface area contributed by atoms with Gasteiger partial charge in [0.15, 0.2) is 0 Å². The third kappa shape index (κ3) is 3.38. The first kappa shape index (κ1) is 21.5. The molecule has 1 aromatic heterocycles. The van der Waals surface area contributed by atoms with Crippen molar-refractivity contribution in [2.24, 2.45) is 0 Å². The van der Waals surface area contributed by atoms with Crippen LogP contribution in [0.15, 0.2) is 77.0 Å². The molecule has 6 nitrogen and oxygen atoms in total. The number of anilines is 1. The van der Waals surface area contributed by atoms with Crippen molar-refractivity contribution < 1.29 is 9.47 Å². The summed E-state index contributed by atoms with van der Waals surface area (Å²) in [5.74, 6) is 2.15. The van der Waals surface area contributed by atoms with Gasteiger partial charge >= 0.3 is 0 Å². The minimum absolute atomic E-state index is 0.363. The van der Waals surface area contributed by atoms with Crippen LogP contribution < -0.4 is 14.8 Å². The van der Waals surface area contributed by atoms with E-state index in [0.29, 0.717) is 16.0 Å². The molecule has 0 unspecified atom stereocenters. The van der Waals surface area contributed by atoms with Gasteiger partial charge < -0.3 is 14.8 Å². The Hall–Kier alpha value is -3.00. The lowest BCUT2D eigenvalue weighted by Gasteiger charge is -2.39. The van der Waals surface area contributed by atoms with Gasteiger partial charge in [0.25, 0.3) is 0 Å². The number of nitrogens with zero attached hydrogens (tertiary/aromatic N) is 3. The maximum Gasteiger partial charge on any atom is 0.226 e. The summed E-state index contributed by atoms with van der Waals surface area (Å²) in [4.78, 5) is 4.45. The monoisotopic (exact) mass is 554 g/mol. The van der Waals surface area contributed by atoms with Crippen molar-refractivity contribution in [3.63, 3.8) is 0 Å². The lowest BCUT2D eigenvalue weighted by atomic mass is 9.84. The van der Waals surface area contributed by atoms with E-state index >= 15 is 0 Å². The predicted molar refractivity (Wildman–Crippen MR) is 136 cm³/mol. The van der Waals surface area contributed by atoms with Gasteiger partial charge in [-0.05, 0) is 63.5 Å². The zero-order valence-electron chi connectivity index (χ0n) is 17.8. The number of hydrogen-bond acceptors (Lipinski definition) is 5. The van der Waals surface area contributed by atoms with Crippen molar-refractivity contribution >= 4 is 50.8 Å². The van der Waals surface area contributed by atoms with Crippen LogP contribution in [0.5, 0.6) is 11.5 Å². The van der Waals surface area contributed by atoms with Crippen molar-refractivity contribution in [3.05, 3.63) is 104 Å². The Morgan fingerprint density at radius 2 is 1.94 bits per heavy atom. The maximum absolute atomic E-state index is 6.73. The Bertz CT molecular complexity index is 1470. The van der Waals surface area contributed by atoms with Crippen LogP contribution >= 0.6 is 39.1 Å². The summed E-state index contributed by atoms with van der Waals surface area (Å²) >= 11 is 16.6. The van der Waals surface area contributed by atoms with Crippen LogP contribution in [0.1, 0.15) is 28.8 Å². The molecule has 2 aliphatic rings. The molecule has 34 heavy (non-hydrogen) atoms. The molecule has 6 rings (SSSR count). The molecule has 170 valence electrons. The molecule has 0 saturated carbocycles. The molecule has 0 bridgehead atoms. The van der Waals surface area contributed by atoms with E-state index in [9.17, 15) is 0 Å². The summed E-state index contributed by atoms with van der Waals surface area (Å²) < 4.78 is 14.7. The summed E-state index contributed by atoms with van der Waals surface area (Å²) in [7, 11) is 1.64. The van der Waals surface area contributed by atoms with Crippen LogP contribution in [0, 0.1) is 0 Å². The average Bonchev–Trinajstić information content (AvgIpc) is 3.31. The Morgan fingerprint density at radius 3 is 2.74 bits per heavy atom. The third-order valence-corrected chi connectivity index (χ3v) is 7.24. The molecule has 2 aliphatic heterocycles. The highest BCUT2D eigenvalue weighted by atomic mass is 79.9. The largest absolute Gasteiger partial charge is 0.496 e. The van der Waals surface area contributed by atoms with Gasteiger partial charge in [-0.2, -0.15) is 10.1 Å². The molecule has 0 saturated heterocycles. The summed E-state index contributed by atoms with van der Waals surface area (Å²) in [6, 6.07) is 19.0. The zero-order valence-corrected chi connectivity index (χ0v) is 20.9. The molecule has 4 aromatic rings. The van der Waals surface area contributed by atoms with Gasteiger partial charge in [-0.25, -0.2) is 4.68 Å². The van der Waals surface area contributed by atoms with Gasteiger partial charge in [0.05, 0.1) is 17.3 Å². The number of para-hydroxylation sites is 1. The van der Waals surface area contributed by atoms with Crippen molar-refractivity contribution in [2.45, 2.75) is 12.1 Å². The molecule has 0 aliphatic carbocycles. The topological polar surface area (TPSA) is 61.2 Å². The molecule has 0 amide bonds. The number of aromatic nitrogens is 3. The Balaban J connectivity index is 1.63. The number of ether oxygens (including phenoxy) is 2. The molecule has 9 heteroatoms. The molecule has 2 atom stereocenters. The highest BCUT2D eigenvalue weighted by Crippen LogP contribution is 2.52. The molecule has 0 spiro atoms. The Kier molecular flexibility index (Phi) is 5.28. The standard InChI is InChI=1S/C25H17BrCl2N4O2/c1-33-20-9-6-13(10-17(20)26)24-21-22(16-4-2-3-5-19(16)34-24)31-25-29-12-30-32(25)23(21)15-8-7-14(27)11-18(15)28/h2-12,23-24H,1H3,(H,29,30,31)/t23-,24+/m1/s1. The molecule has 0 fully saturated rings. The van der Waals surface area contributed by atoms with E-state index in [1.165, 1.54) is 6.33 Å². The highest BCUT2D eigenvalue weighted by molar-refractivity contribution is 9.10. The number of hydrogen-bond donors (Lipinski definition) is 1. The highest BCUT2D eigenvalue weighted by Gasteiger charge is 2.41. The minimum atomic E-state index is -0.422. The second-order valence-corrected chi connectivity index (χ2v) is 9.64. The zero-order chi connectivity index (χ0) is 23.4. The second-order valence-electron chi connectivity index (χ2n) is 7.94. The van der Waals surface area contributed by atoms with Crippen LogP contribution in [-0.2, 0) is 0 Å². The number of halogens is 3. The van der Waals surface area contributed by atoms with Gasteiger partial charge in [-0.15, -0.1) is 0 Å². The van der Waals surface area contributed by atoms with Gasteiger partial charge in [0.2, 0.25) is 5.95 Å². The van der Waals surface area contributed by atoms with E-state index in [4.69, 9.17) is 32.7 Å². The summed E-state index contributed by atoms with van der Waals surface area (Å²) in [6.07, 6.45) is 1.11. The molecular weight excluding hydrogens is 539 g/mol. The number of nitrogens with one attached hydrogen (secondary N) is 1. The first-order valence-corrected chi connectivity index (χ1v) is 12.0. The van der Waals surface area contributed by atoms with E-state index in [1.807, 2.05) is 59.3 Å². The fourth-order valence-corrected chi connectivity index (χ4v) is 5.63. The molecular formula is C25H17BrCl2N4O2. The second kappa shape index (κ2) is 8.34. The van der Waals surface area contributed by atoms with Gasteiger partial charge in [-0.1, -0.05) is 47.5 Å². The van der Waals surface area contributed by atoms with E-state index in [-0.39, 0.29) is 6.04 Å². The SMILES string of the molecule is COc1ccc([C@@H]2Oc3ccccc3C3=C2[C@@H](c2ccc(Cl)cc2Cl)n2ncnc2N3)cc1Br. The van der Waals surface area contributed by atoms with Crippen LogP contribution in [0.4, 0.5) is 5.95 Å². The first-order chi connectivity index (χ1) is 16.5. The smallest absolute Gasteiger partial charge is 0.226 e. The fourth-order valence-electron chi connectivity index (χ4n) is 4.56. The summed E-state index contributed by atoms with van der Waals surface area (Å²) in [5.41, 5.74) is 4.65. The number of benzene rings is 3.